The number of carbonyl (C=O) groups excluding carboxylic acids is 2. The third-order valence-electron chi connectivity index (χ3n) is 8.57. The third kappa shape index (κ3) is 8.47. The van der Waals surface area contributed by atoms with E-state index in [1.165, 1.54) is 0 Å². The number of benzene rings is 4. The first-order valence-corrected chi connectivity index (χ1v) is 17.7. The van der Waals surface area contributed by atoms with Gasteiger partial charge in [-0.1, -0.05) is 12.1 Å². The monoisotopic (exact) mass is 776 g/mol. The Bertz CT molecular complexity index is 1670. The average molecular weight is 779 g/mol. The second-order valence-electron chi connectivity index (χ2n) is 12.2. The van der Waals surface area contributed by atoms with E-state index in [1.807, 2.05) is 50.2 Å². The summed E-state index contributed by atoms with van der Waals surface area (Å²) >= 11 is 7.07. The molecule has 2 fully saturated rings. The van der Waals surface area contributed by atoms with Gasteiger partial charge in [0.25, 0.3) is 11.8 Å². The van der Waals surface area contributed by atoms with Crippen LogP contribution in [0.1, 0.15) is 57.5 Å². The fourth-order valence-electron chi connectivity index (χ4n) is 5.79. The van der Waals surface area contributed by atoms with E-state index >= 15 is 0 Å². The van der Waals surface area contributed by atoms with E-state index in [0.717, 1.165) is 81.5 Å². The average Bonchev–Trinajstić information content (AvgIpc) is 3.80. The predicted molar refractivity (Wildman–Crippen MR) is 194 cm³/mol. The molecule has 0 radical (unpaired) electrons. The second kappa shape index (κ2) is 15.7. The number of ether oxygens (including phenoxy) is 4. The lowest BCUT2D eigenvalue weighted by atomic mass is 9.99. The smallest absolute Gasteiger partial charge is 0.255 e. The van der Waals surface area contributed by atoms with Crippen LogP contribution < -0.4 is 20.1 Å². The highest BCUT2D eigenvalue weighted by molar-refractivity contribution is 9.11. The maximum absolute atomic E-state index is 13.1. The van der Waals surface area contributed by atoms with E-state index in [0.29, 0.717) is 35.8 Å². The lowest BCUT2D eigenvalue weighted by Crippen LogP contribution is -2.17. The van der Waals surface area contributed by atoms with Crippen LogP contribution in [0.5, 0.6) is 11.5 Å². The molecule has 2 aliphatic heterocycles. The van der Waals surface area contributed by atoms with Crippen LogP contribution in [0.2, 0.25) is 0 Å². The van der Waals surface area contributed by atoms with Gasteiger partial charge in [0.05, 0.1) is 21.2 Å². The minimum absolute atomic E-state index is 0.119. The van der Waals surface area contributed by atoms with E-state index in [4.69, 9.17) is 18.9 Å². The normalized spacial score (nSPS) is 17.2. The molecule has 0 spiro atoms. The molecule has 8 nitrogen and oxygen atoms in total. The van der Waals surface area contributed by atoms with Crippen LogP contribution in [0.4, 0.5) is 11.4 Å². The molecule has 6 rings (SSSR count). The van der Waals surface area contributed by atoms with Gasteiger partial charge in [0, 0.05) is 35.7 Å². The van der Waals surface area contributed by atoms with Gasteiger partial charge in [-0.3, -0.25) is 9.59 Å². The molecule has 0 bridgehead atoms. The number of nitrogens with one attached hydrogen (secondary N) is 2. The van der Waals surface area contributed by atoms with Crippen LogP contribution in [-0.2, 0) is 9.47 Å². The van der Waals surface area contributed by atoms with E-state index in [9.17, 15) is 9.59 Å². The third-order valence-corrected chi connectivity index (χ3v) is 9.81. The summed E-state index contributed by atoms with van der Waals surface area (Å²) in [5, 5.41) is 6.06. The largest absolute Gasteiger partial charge is 0.490 e. The van der Waals surface area contributed by atoms with Crippen molar-refractivity contribution >= 4 is 55.0 Å². The van der Waals surface area contributed by atoms with Gasteiger partial charge < -0.3 is 29.6 Å². The number of hydrogen-bond acceptors (Lipinski definition) is 6. The molecule has 2 N–H and O–H groups in total. The standard InChI is InChI=1S/C38H38Br2N2O6/c1-23-17-25(7-11-33(23)41-37(43)27-9-13-35(31(39)19-27)47-21-29-5-3-15-45-29)26-8-12-34(24(2)18-26)42-38(44)28-10-14-36(32(40)20-28)48-22-30-6-4-16-46-30/h7-14,17-20,29-30H,3-6,15-16,21-22H2,1-2H3,(H,41,43)(H,42,44). The summed E-state index contributed by atoms with van der Waals surface area (Å²) in [5.41, 5.74) is 6.37. The molecule has 4 aromatic rings. The van der Waals surface area contributed by atoms with Crippen molar-refractivity contribution in [1.82, 2.24) is 0 Å². The molecule has 250 valence electrons. The molecular formula is C38H38Br2N2O6. The Morgan fingerprint density at radius 3 is 1.46 bits per heavy atom. The van der Waals surface area contributed by atoms with Crippen molar-refractivity contribution in [2.45, 2.75) is 51.7 Å². The molecule has 2 saturated heterocycles. The minimum atomic E-state index is -0.207. The van der Waals surface area contributed by atoms with Crippen LogP contribution in [0.15, 0.2) is 81.7 Å². The Morgan fingerprint density at radius 1 is 0.667 bits per heavy atom. The molecule has 2 aliphatic rings. The maximum Gasteiger partial charge on any atom is 0.255 e. The number of amides is 2. The number of carbonyl (C=O) groups is 2. The highest BCUT2D eigenvalue weighted by Crippen LogP contribution is 2.31. The molecule has 2 heterocycles. The molecule has 0 aromatic heterocycles. The summed E-state index contributed by atoms with van der Waals surface area (Å²) < 4.78 is 24.5. The quantitative estimate of drug-likeness (QED) is 0.158. The molecule has 48 heavy (non-hydrogen) atoms. The summed E-state index contributed by atoms with van der Waals surface area (Å²) in [6.07, 6.45) is 4.36. The first-order valence-electron chi connectivity index (χ1n) is 16.2. The van der Waals surface area contributed by atoms with Gasteiger partial charge in [-0.05, 0) is 154 Å². The van der Waals surface area contributed by atoms with Crippen molar-refractivity contribution in [3.63, 3.8) is 0 Å². The summed E-state index contributed by atoms with van der Waals surface area (Å²) in [6.45, 7) is 6.48. The summed E-state index contributed by atoms with van der Waals surface area (Å²) in [7, 11) is 0. The van der Waals surface area contributed by atoms with E-state index in [1.54, 1.807) is 36.4 Å². The van der Waals surface area contributed by atoms with Crippen LogP contribution in [0, 0.1) is 13.8 Å². The van der Waals surface area contributed by atoms with E-state index in [2.05, 4.69) is 42.5 Å². The van der Waals surface area contributed by atoms with Gasteiger partial charge in [-0.15, -0.1) is 0 Å². The Morgan fingerprint density at radius 2 is 1.10 bits per heavy atom. The number of aryl methyl sites for hydroxylation is 2. The van der Waals surface area contributed by atoms with E-state index < -0.39 is 0 Å². The molecule has 0 saturated carbocycles. The molecule has 10 heteroatoms. The van der Waals surface area contributed by atoms with Gasteiger partial charge in [-0.25, -0.2) is 0 Å². The molecular weight excluding hydrogens is 740 g/mol. The van der Waals surface area contributed by atoms with Gasteiger partial charge in [-0.2, -0.15) is 0 Å². The van der Waals surface area contributed by atoms with Crippen molar-refractivity contribution in [2.24, 2.45) is 0 Å². The molecule has 4 aromatic carbocycles. The fourth-order valence-corrected chi connectivity index (χ4v) is 6.78. The molecule has 2 amide bonds. The predicted octanol–water partition coefficient (Wildman–Crippen LogP) is 9.12. The first kappa shape index (κ1) is 34.2. The van der Waals surface area contributed by atoms with Crippen LogP contribution in [0.3, 0.4) is 0 Å². The number of halogens is 2. The van der Waals surface area contributed by atoms with Gasteiger partial charge in [0.15, 0.2) is 0 Å². The topological polar surface area (TPSA) is 95.1 Å². The second-order valence-corrected chi connectivity index (χ2v) is 13.9. The number of hydrogen-bond donors (Lipinski definition) is 2. The van der Waals surface area contributed by atoms with Crippen LogP contribution in [0.25, 0.3) is 11.1 Å². The molecule has 2 atom stereocenters. The summed E-state index contributed by atoms with van der Waals surface area (Å²) in [5.74, 6) is 0.949. The molecule has 0 aliphatic carbocycles. The SMILES string of the molecule is Cc1cc(-c2ccc(NC(=O)c3ccc(OCC4CCCO4)c(Br)c3)c(C)c2)ccc1NC(=O)c1ccc(OCC2CCCO2)c(Br)c1. The van der Waals surface area contributed by atoms with Gasteiger partial charge in [0.2, 0.25) is 0 Å². The van der Waals surface area contributed by atoms with E-state index in [-0.39, 0.29) is 24.0 Å². The minimum Gasteiger partial charge on any atom is -0.490 e. The van der Waals surface area contributed by atoms with Gasteiger partial charge in [0.1, 0.15) is 24.7 Å². The molecule has 2 unspecified atom stereocenters. The maximum atomic E-state index is 13.1. The van der Waals surface area contributed by atoms with Crippen LogP contribution in [-0.4, -0.2) is 50.4 Å². The lowest BCUT2D eigenvalue weighted by molar-refractivity contribution is 0.0676. The Hall–Kier alpha value is -3.70. The zero-order chi connectivity index (χ0) is 33.6. The van der Waals surface area contributed by atoms with Crippen molar-refractivity contribution < 1.29 is 28.5 Å². The highest BCUT2D eigenvalue weighted by atomic mass is 79.9. The van der Waals surface area contributed by atoms with Crippen LogP contribution >= 0.6 is 31.9 Å². The fraction of sp³-hybridized carbons (Fsp3) is 0.316. The van der Waals surface area contributed by atoms with Crippen molar-refractivity contribution in [1.29, 1.82) is 0 Å². The van der Waals surface area contributed by atoms with Crippen molar-refractivity contribution in [3.8, 4) is 22.6 Å². The zero-order valence-corrected chi connectivity index (χ0v) is 30.1. The zero-order valence-electron chi connectivity index (χ0n) is 26.9. The Kier molecular flexibility index (Phi) is 11.2. The van der Waals surface area contributed by atoms with Crippen molar-refractivity contribution in [3.05, 3.63) is 104 Å². The Labute approximate surface area is 297 Å². The number of rotatable bonds is 11. The number of anilines is 2. The first-order chi connectivity index (χ1) is 23.2. The van der Waals surface area contributed by atoms with Crippen molar-refractivity contribution in [2.75, 3.05) is 37.1 Å². The lowest BCUT2D eigenvalue weighted by Gasteiger charge is -2.15. The summed E-state index contributed by atoms with van der Waals surface area (Å²) in [6, 6.07) is 22.5. The Balaban J connectivity index is 1.05. The highest BCUT2D eigenvalue weighted by Gasteiger charge is 2.19. The van der Waals surface area contributed by atoms with Gasteiger partial charge >= 0.3 is 0 Å². The summed E-state index contributed by atoms with van der Waals surface area (Å²) in [4.78, 5) is 26.2.